The topological polar surface area (TPSA) is 72.7 Å². The summed E-state index contributed by atoms with van der Waals surface area (Å²) in [5.74, 6) is -0.622. The highest BCUT2D eigenvalue weighted by Crippen LogP contribution is 2.20. The number of nitrogens with one attached hydrogen (secondary N) is 1. The number of carbonyl (C=O) groups excluding carboxylic acids is 2. The van der Waals surface area contributed by atoms with Crippen LogP contribution in [0.25, 0.3) is 5.69 Å². The second-order valence-electron chi connectivity index (χ2n) is 6.77. The SMILES string of the molecule is COC(=O)c1ccc(-n2c(C)cc(/C=N\NC(=O)c3ccc(C)cc3)c2C)cc1. The molecule has 6 heteroatoms. The summed E-state index contributed by atoms with van der Waals surface area (Å²) in [6.07, 6.45) is 1.63. The number of hydrogen-bond donors (Lipinski definition) is 1. The minimum absolute atomic E-state index is 0.256. The fourth-order valence-corrected chi connectivity index (χ4v) is 3.11. The van der Waals surface area contributed by atoms with Gasteiger partial charge in [0.05, 0.1) is 18.9 Å². The molecule has 0 aliphatic carbocycles. The zero-order valence-electron chi connectivity index (χ0n) is 16.9. The first-order chi connectivity index (χ1) is 13.9. The quantitative estimate of drug-likeness (QED) is 0.408. The lowest BCUT2D eigenvalue weighted by Gasteiger charge is -2.10. The third kappa shape index (κ3) is 4.43. The summed E-state index contributed by atoms with van der Waals surface area (Å²) < 4.78 is 6.80. The highest BCUT2D eigenvalue weighted by molar-refractivity contribution is 5.95. The molecule has 0 atom stereocenters. The Morgan fingerprint density at radius 3 is 2.21 bits per heavy atom. The van der Waals surface area contributed by atoms with Gasteiger partial charge in [0, 0.05) is 28.2 Å². The van der Waals surface area contributed by atoms with E-state index in [-0.39, 0.29) is 11.9 Å². The summed E-state index contributed by atoms with van der Waals surface area (Å²) in [5.41, 5.74) is 8.52. The van der Waals surface area contributed by atoms with Gasteiger partial charge in [-0.15, -0.1) is 0 Å². The molecule has 3 aromatic rings. The molecule has 1 aromatic heterocycles. The molecule has 29 heavy (non-hydrogen) atoms. The first-order valence-electron chi connectivity index (χ1n) is 9.18. The zero-order valence-corrected chi connectivity index (χ0v) is 16.9. The van der Waals surface area contributed by atoms with Gasteiger partial charge in [-0.25, -0.2) is 10.2 Å². The molecular formula is C23H23N3O3. The Morgan fingerprint density at radius 1 is 0.966 bits per heavy atom. The van der Waals surface area contributed by atoms with Crippen molar-refractivity contribution in [1.82, 2.24) is 9.99 Å². The molecule has 0 saturated carbocycles. The van der Waals surface area contributed by atoms with E-state index in [0.29, 0.717) is 11.1 Å². The van der Waals surface area contributed by atoms with Gasteiger partial charge in [-0.05, 0) is 63.2 Å². The molecule has 0 aliphatic heterocycles. The molecule has 3 rings (SSSR count). The molecule has 1 heterocycles. The Morgan fingerprint density at radius 2 is 1.59 bits per heavy atom. The maximum Gasteiger partial charge on any atom is 0.337 e. The highest BCUT2D eigenvalue weighted by atomic mass is 16.5. The number of esters is 1. The van der Waals surface area contributed by atoms with E-state index in [4.69, 9.17) is 4.74 Å². The fourth-order valence-electron chi connectivity index (χ4n) is 3.11. The Kier molecular flexibility index (Phi) is 5.93. The summed E-state index contributed by atoms with van der Waals surface area (Å²) in [4.78, 5) is 23.8. The second-order valence-corrected chi connectivity index (χ2v) is 6.77. The van der Waals surface area contributed by atoms with Crippen LogP contribution in [0, 0.1) is 20.8 Å². The number of rotatable bonds is 5. The number of aromatic nitrogens is 1. The van der Waals surface area contributed by atoms with E-state index in [2.05, 4.69) is 15.1 Å². The van der Waals surface area contributed by atoms with Crippen molar-refractivity contribution in [2.45, 2.75) is 20.8 Å². The molecule has 1 amide bonds. The number of aryl methyl sites for hydroxylation is 2. The van der Waals surface area contributed by atoms with Gasteiger partial charge in [-0.3, -0.25) is 4.79 Å². The van der Waals surface area contributed by atoms with Gasteiger partial charge in [-0.2, -0.15) is 5.10 Å². The summed E-state index contributed by atoms with van der Waals surface area (Å²) in [6.45, 7) is 5.94. The predicted octanol–water partition coefficient (Wildman–Crippen LogP) is 3.95. The highest BCUT2D eigenvalue weighted by Gasteiger charge is 2.11. The van der Waals surface area contributed by atoms with E-state index in [1.807, 2.05) is 51.1 Å². The predicted molar refractivity (Wildman–Crippen MR) is 113 cm³/mol. The van der Waals surface area contributed by atoms with Crippen molar-refractivity contribution in [2.24, 2.45) is 5.10 Å². The molecule has 0 spiro atoms. The van der Waals surface area contributed by atoms with Gasteiger partial charge in [0.25, 0.3) is 5.91 Å². The monoisotopic (exact) mass is 389 g/mol. The summed E-state index contributed by atoms with van der Waals surface area (Å²) in [6, 6.07) is 16.5. The van der Waals surface area contributed by atoms with E-state index in [1.54, 1.807) is 30.5 Å². The third-order valence-corrected chi connectivity index (χ3v) is 4.70. The molecule has 2 aromatic carbocycles. The molecule has 6 nitrogen and oxygen atoms in total. The van der Waals surface area contributed by atoms with Gasteiger partial charge in [0.15, 0.2) is 0 Å². The maximum absolute atomic E-state index is 12.2. The first kappa shape index (κ1) is 20.1. The molecule has 0 saturated heterocycles. The van der Waals surface area contributed by atoms with Crippen LogP contribution in [-0.2, 0) is 4.74 Å². The Balaban J connectivity index is 1.77. The number of hydrogen-bond acceptors (Lipinski definition) is 4. The van der Waals surface area contributed by atoms with E-state index < -0.39 is 0 Å². The van der Waals surface area contributed by atoms with E-state index in [1.165, 1.54) is 7.11 Å². The van der Waals surface area contributed by atoms with Gasteiger partial charge < -0.3 is 9.30 Å². The number of amides is 1. The van der Waals surface area contributed by atoms with Gasteiger partial charge in [-0.1, -0.05) is 17.7 Å². The average Bonchev–Trinajstić information content (AvgIpc) is 3.01. The molecule has 0 bridgehead atoms. The summed E-state index contributed by atoms with van der Waals surface area (Å²) in [7, 11) is 1.36. The number of ether oxygens (including phenoxy) is 1. The van der Waals surface area contributed by atoms with Crippen LogP contribution in [0.1, 0.15) is 43.2 Å². The van der Waals surface area contributed by atoms with E-state index in [9.17, 15) is 9.59 Å². The van der Waals surface area contributed by atoms with Crippen LogP contribution < -0.4 is 5.43 Å². The number of carbonyl (C=O) groups is 2. The van der Waals surface area contributed by atoms with Crippen molar-refractivity contribution in [3.63, 3.8) is 0 Å². The molecule has 0 unspecified atom stereocenters. The van der Waals surface area contributed by atoms with Crippen LogP contribution in [0.15, 0.2) is 59.7 Å². The lowest BCUT2D eigenvalue weighted by atomic mass is 10.1. The Hall–Kier alpha value is -3.67. The Bertz CT molecular complexity index is 1060. The fraction of sp³-hybridized carbons (Fsp3) is 0.174. The average molecular weight is 389 g/mol. The smallest absolute Gasteiger partial charge is 0.337 e. The van der Waals surface area contributed by atoms with Crippen molar-refractivity contribution >= 4 is 18.1 Å². The van der Waals surface area contributed by atoms with Gasteiger partial charge in [0.1, 0.15) is 0 Å². The van der Waals surface area contributed by atoms with Crippen LogP contribution in [-0.4, -0.2) is 29.8 Å². The molecule has 0 radical (unpaired) electrons. The second kappa shape index (κ2) is 8.56. The largest absolute Gasteiger partial charge is 0.465 e. The van der Waals surface area contributed by atoms with Gasteiger partial charge >= 0.3 is 5.97 Å². The van der Waals surface area contributed by atoms with Crippen LogP contribution >= 0.6 is 0 Å². The zero-order chi connectivity index (χ0) is 21.0. The molecule has 0 fully saturated rings. The van der Waals surface area contributed by atoms with Crippen molar-refractivity contribution in [2.75, 3.05) is 7.11 Å². The van der Waals surface area contributed by atoms with Crippen LogP contribution in [0.2, 0.25) is 0 Å². The normalized spacial score (nSPS) is 10.9. The minimum atomic E-state index is -0.366. The van der Waals surface area contributed by atoms with Crippen LogP contribution in [0.5, 0.6) is 0 Å². The Labute approximate surface area is 169 Å². The lowest BCUT2D eigenvalue weighted by molar-refractivity contribution is 0.0600. The van der Waals surface area contributed by atoms with Crippen molar-refractivity contribution in [1.29, 1.82) is 0 Å². The van der Waals surface area contributed by atoms with Crippen LogP contribution in [0.3, 0.4) is 0 Å². The molecule has 148 valence electrons. The van der Waals surface area contributed by atoms with E-state index in [0.717, 1.165) is 28.2 Å². The van der Waals surface area contributed by atoms with Crippen molar-refractivity contribution in [3.8, 4) is 5.69 Å². The van der Waals surface area contributed by atoms with Crippen molar-refractivity contribution in [3.05, 3.63) is 88.2 Å². The number of benzene rings is 2. The maximum atomic E-state index is 12.2. The lowest BCUT2D eigenvalue weighted by Crippen LogP contribution is -2.17. The van der Waals surface area contributed by atoms with E-state index >= 15 is 0 Å². The third-order valence-electron chi connectivity index (χ3n) is 4.70. The molecule has 0 aliphatic rings. The first-order valence-corrected chi connectivity index (χ1v) is 9.18. The molecular weight excluding hydrogens is 366 g/mol. The molecule has 1 N–H and O–H groups in total. The van der Waals surface area contributed by atoms with Gasteiger partial charge in [0.2, 0.25) is 0 Å². The number of methoxy groups -OCH3 is 1. The minimum Gasteiger partial charge on any atom is -0.465 e. The number of hydrazone groups is 1. The van der Waals surface area contributed by atoms with Crippen molar-refractivity contribution < 1.29 is 14.3 Å². The van der Waals surface area contributed by atoms with Crippen LogP contribution in [0.4, 0.5) is 0 Å². The summed E-state index contributed by atoms with van der Waals surface area (Å²) >= 11 is 0. The standard InChI is InChI=1S/C23H23N3O3/c1-15-5-7-18(8-6-15)22(27)25-24-14-20-13-16(2)26(17(20)3)21-11-9-19(10-12-21)23(28)29-4/h5-14H,1-4H3,(H,25,27)/b24-14-. The number of nitrogens with zero attached hydrogens (tertiary/aromatic N) is 2. The summed E-state index contributed by atoms with van der Waals surface area (Å²) in [5, 5.41) is 4.10.